The fraction of sp³-hybridized carbons (Fsp3) is 0.667. The second-order valence-corrected chi connectivity index (χ2v) is 7.47. The molecule has 0 aromatic carbocycles. The number of amides is 1. The topological polar surface area (TPSA) is 71.3 Å². The highest BCUT2D eigenvalue weighted by molar-refractivity contribution is 5.80. The van der Waals surface area contributed by atoms with Crippen molar-refractivity contribution in [2.75, 3.05) is 0 Å². The lowest BCUT2D eigenvalue weighted by atomic mass is 9.81. The minimum atomic E-state index is -0.297. The molecule has 0 spiro atoms. The van der Waals surface area contributed by atoms with Crippen molar-refractivity contribution in [2.24, 2.45) is 11.8 Å². The highest BCUT2D eigenvalue weighted by Crippen LogP contribution is 2.32. The molecule has 4 rings (SSSR count). The number of aliphatic hydroxyl groups excluding tert-OH is 1. The third-order valence-electron chi connectivity index (χ3n) is 5.55. The molecule has 1 heterocycles. The first-order valence-corrected chi connectivity index (χ1v) is 8.80. The van der Waals surface area contributed by atoms with Gasteiger partial charge in [-0.1, -0.05) is 6.07 Å². The Bertz CT molecular complexity index is 671. The molecular formula is C18H24N2O3. The Kier molecular flexibility index (Phi) is 3.76. The quantitative estimate of drug-likeness (QED) is 0.870. The first-order chi connectivity index (χ1) is 11.1. The minimum Gasteiger partial charge on any atom is -0.393 e. The summed E-state index contributed by atoms with van der Waals surface area (Å²) in [5.74, 6) is 0.743. The summed E-state index contributed by atoms with van der Waals surface area (Å²) in [7, 11) is 0. The molecule has 5 heteroatoms. The molecule has 124 valence electrons. The first-order valence-electron chi connectivity index (χ1n) is 8.80. The molecular weight excluding hydrogens is 292 g/mol. The van der Waals surface area contributed by atoms with Crippen molar-refractivity contribution >= 4 is 5.91 Å². The van der Waals surface area contributed by atoms with Gasteiger partial charge in [-0.3, -0.25) is 9.59 Å². The number of aromatic nitrogens is 1. The lowest BCUT2D eigenvalue weighted by Crippen LogP contribution is -2.47. The highest BCUT2D eigenvalue weighted by Gasteiger charge is 2.34. The van der Waals surface area contributed by atoms with Crippen molar-refractivity contribution in [3.63, 3.8) is 0 Å². The largest absolute Gasteiger partial charge is 0.393 e. The second kappa shape index (κ2) is 5.78. The van der Waals surface area contributed by atoms with E-state index in [1.165, 1.54) is 24.1 Å². The predicted octanol–water partition coefficient (Wildman–Crippen LogP) is 1.00. The maximum Gasteiger partial charge on any atom is 0.250 e. The smallest absolute Gasteiger partial charge is 0.250 e. The maximum absolute atomic E-state index is 12.1. The predicted molar refractivity (Wildman–Crippen MR) is 86.1 cm³/mol. The van der Waals surface area contributed by atoms with Gasteiger partial charge >= 0.3 is 0 Å². The van der Waals surface area contributed by atoms with E-state index >= 15 is 0 Å². The molecule has 2 N–H and O–H groups in total. The number of fused-ring (bicyclic) bond motifs is 1. The fourth-order valence-corrected chi connectivity index (χ4v) is 3.83. The van der Waals surface area contributed by atoms with E-state index in [-0.39, 0.29) is 29.5 Å². The zero-order valence-electron chi connectivity index (χ0n) is 13.3. The normalized spacial score (nSPS) is 29.5. The fourth-order valence-electron chi connectivity index (χ4n) is 3.83. The molecule has 0 aliphatic heterocycles. The van der Waals surface area contributed by atoms with Crippen LogP contribution in [0, 0.1) is 11.8 Å². The summed E-state index contributed by atoms with van der Waals surface area (Å²) in [6.07, 6.45) is 5.92. The molecule has 2 fully saturated rings. The molecule has 3 aliphatic rings. The van der Waals surface area contributed by atoms with Gasteiger partial charge in [-0.2, -0.15) is 0 Å². The van der Waals surface area contributed by atoms with Gasteiger partial charge in [0.25, 0.3) is 5.56 Å². The number of pyridine rings is 1. The zero-order chi connectivity index (χ0) is 16.0. The van der Waals surface area contributed by atoms with Gasteiger partial charge in [0.15, 0.2) is 0 Å². The van der Waals surface area contributed by atoms with Gasteiger partial charge in [0.1, 0.15) is 0 Å². The van der Waals surface area contributed by atoms with E-state index in [0.717, 1.165) is 25.8 Å². The number of nitrogens with one attached hydrogen (secondary N) is 1. The van der Waals surface area contributed by atoms with Crippen LogP contribution in [0.25, 0.3) is 0 Å². The van der Waals surface area contributed by atoms with Crippen LogP contribution in [0.15, 0.2) is 16.9 Å². The Hall–Kier alpha value is -1.62. The van der Waals surface area contributed by atoms with E-state index in [0.29, 0.717) is 18.8 Å². The molecule has 5 nitrogen and oxygen atoms in total. The second-order valence-electron chi connectivity index (χ2n) is 7.47. The summed E-state index contributed by atoms with van der Waals surface area (Å²) >= 11 is 0. The SMILES string of the molecule is O=C(NC1CCc2c(ccc(=O)n2CC2CC2)C1)C1CC(O)C1. The van der Waals surface area contributed by atoms with Crippen LogP contribution in [0.5, 0.6) is 0 Å². The van der Waals surface area contributed by atoms with E-state index in [9.17, 15) is 14.7 Å². The van der Waals surface area contributed by atoms with Gasteiger partial charge in [0, 0.05) is 30.3 Å². The van der Waals surface area contributed by atoms with E-state index in [1.807, 2.05) is 10.6 Å². The number of aliphatic hydroxyl groups is 1. The van der Waals surface area contributed by atoms with Crippen LogP contribution in [-0.2, 0) is 24.2 Å². The van der Waals surface area contributed by atoms with Crippen LogP contribution in [0.2, 0.25) is 0 Å². The van der Waals surface area contributed by atoms with E-state index in [4.69, 9.17) is 0 Å². The summed E-state index contributed by atoms with van der Waals surface area (Å²) in [6.45, 7) is 0.860. The third-order valence-corrected chi connectivity index (χ3v) is 5.55. The van der Waals surface area contributed by atoms with Crippen LogP contribution in [0.4, 0.5) is 0 Å². The average molecular weight is 316 g/mol. The summed E-state index contributed by atoms with van der Waals surface area (Å²) in [4.78, 5) is 24.3. The Morgan fingerprint density at radius 3 is 2.74 bits per heavy atom. The van der Waals surface area contributed by atoms with Crippen molar-refractivity contribution in [1.29, 1.82) is 0 Å². The molecule has 1 aromatic heterocycles. The zero-order valence-corrected chi connectivity index (χ0v) is 13.3. The highest BCUT2D eigenvalue weighted by atomic mass is 16.3. The van der Waals surface area contributed by atoms with E-state index in [1.54, 1.807) is 6.07 Å². The molecule has 1 aromatic rings. The number of carbonyl (C=O) groups excluding carboxylic acids is 1. The van der Waals surface area contributed by atoms with Gasteiger partial charge in [-0.25, -0.2) is 0 Å². The van der Waals surface area contributed by atoms with Gasteiger partial charge < -0.3 is 15.0 Å². The molecule has 2 saturated carbocycles. The summed E-state index contributed by atoms with van der Waals surface area (Å²) < 4.78 is 1.97. The first kappa shape index (κ1) is 14.9. The van der Waals surface area contributed by atoms with Crippen LogP contribution in [0.1, 0.15) is 43.4 Å². The molecule has 1 unspecified atom stereocenters. The Balaban J connectivity index is 1.44. The number of hydrogen-bond donors (Lipinski definition) is 2. The molecule has 0 bridgehead atoms. The van der Waals surface area contributed by atoms with Crippen LogP contribution in [-0.4, -0.2) is 27.7 Å². The van der Waals surface area contributed by atoms with Gasteiger partial charge in [-0.15, -0.1) is 0 Å². The average Bonchev–Trinajstić information content (AvgIpc) is 3.31. The summed E-state index contributed by atoms with van der Waals surface area (Å²) in [6, 6.07) is 3.76. The van der Waals surface area contributed by atoms with Crippen molar-refractivity contribution in [1.82, 2.24) is 9.88 Å². The summed E-state index contributed by atoms with van der Waals surface area (Å²) in [5, 5.41) is 12.5. The number of nitrogens with zero attached hydrogens (tertiary/aromatic N) is 1. The Morgan fingerprint density at radius 2 is 2.04 bits per heavy atom. The van der Waals surface area contributed by atoms with Crippen molar-refractivity contribution in [3.05, 3.63) is 33.7 Å². The minimum absolute atomic E-state index is 0.0183. The van der Waals surface area contributed by atoms with Crippen LogP contribution in [0.3, 0.4) is 0 Å². The monoisotopic (exact) mass is 316 g/mol. The molecule has 1 amide bonds. The number of hydrogen-bond acceptors (Lipinski definition) is 3. The molecule has 1 atom stereocenters. The van der Waals surface area contributed by atoms with Crippen LogP contribution >= 0.6 is 0 Å². The lowest BCUT2D eigenvalue weighted by molar-refractivity contribution is -0.132. The van der Waals surface area contributed by atoms with Gasteiger partial charge in [-0.05, 0) is 56.4 Å². The number of carbonyl (C=O) groups is 1. The van der Waals surface area contributed by atoms with E-state index in [2.05, 4.69) is 5.32 Å². The summed E-state index contributed by atoms with van der Waals surface area (Å²) in [5.41, 5.74) is 2.49. The van der Waals surface area contributed by atoms with Crippen molar-refractivity contribution < 1.29 is 9.90 Å². The molecule has 0 saturated heterocycles. The standard InChI is InChI=1S/C18H24N2O3/c21-15-8-13(9-15)18(23)19-14-4-5-16-12(7-14)3-6-17(22)20(16)10-11-1-2-11/h3,6,11,13-15,21H,1-2,4-5,7-10H2,(H,19,23). The Morgan fingerprint density at radius 1 is 1.26 bits per heavy atom. The third kappa shape index (κ3) is 3.07. The Labute approximate surface area is 135 Å². The molecule has 23 heavy (non-hydrogen) atoms. The lowest BCUT2D eigenvalue weighted by Gasteiger charge is -2.33. The molecule has 0 radical (unpaired) electrons. The molecule has 3 aliphatic carbocycles. The number of rotatable bonds is 4. The van der Waals surface area contributed by atoms with E-state index < -0.39 is 0 Å². The maximum atomic E-state index is 12.1. The van der Waals surface area contributed by atoms with Crippen molar-refractivity contribution in [3.8, 4) is 0 Å². The van der Waals surface area contributed by atoms with Crippen LogP contribution < -0.4 is 10.9 Å². The van der Waals surface area contributed by atoms with Gasteiger partial charge in [0.2, 0.25) is 5.91 Å². The van der Waals surface area contributed by atoms with Gasteiger partial charge in [0.05, 0.1) is 6.10 Å². The van der Waals surface area contributed by atoms with Crippen molar-refractivity contribution in [2.45, 2.75) is 63.6 Å².